The van der Waals surface area contributed by atoms with E-state index in [0.717, 1.165) is 25.9 Å². The van der Waals surface area contributed by atoms with Gasteiger partial charge in [-0.25, -0.2) is 9.78 Å². The Morgan fingerprint density at radius 1 is 1.24 bits per heavy atom. The minimum absolute atomic E-state index is 0.0743. The van der Waals surface area contributed by atoms with Crippen LogP contribution < -0.4 is 26.6 Å². The summed E-state index contributed by atoms with van der Waals surface area (Å²) in [6, 6.07) is -0.123. The summed E-state index contributed by atoms with van der Waals surface area (Å²) in [6.07, 6.45) is -1.52. The molecule has 3 saturated heterocycles. The number of nitrogen functional groups attached to an aromatic ring is 1. The Kier molecular flexibility index (Phi) is 6.42. The van der Waals surface area contributed by atoms with Gasteiger partial charge in [0.2, 0.25) is 11.8 Å². The van der Waals surface area contributed by atoms with Gasteiger partial charge >= 0.3 is 6.03 Å². The SMILES string of the molecule is CCn1nnc([C@H]2O[C@@H](n3cnc4c(N)nc(N5CC[C@@H](NC(=O)N[C@@H]6CCNC6)C5)nc43)[C@H](O)[C@@H]2O)n1. The summed E-state index contributed by atoms with van der Waals surface area (Å²) in [5, 5.41) is 42.8. The smallest absolute Gasteiger partial charge is 0.315 e. The quantitative estimate of drug-likeness (QED) is 0.197. The maximum absolute atomic E-state index is 12.4. The number of ether oxygens (including phenoxy) is 1. The number of amides is 2. The lowest BCUT2D eigenvalue weighted by atomic mass is 10.1. The van der Waals surface area contributed by atoms with Gasteiger partial charge in [-0.05, 0) is 31.5 Å². The van der Waals surface area contributed by atoms with Gasteiger partial charge in [0.05, 0.1) is 12.9 Å². The Hall–Kier alpha value is -3.67. The van der Waals surface area contributed by atoms with Crippen LogP contribution in [0.25, 0.3) is 11.2 Å². The standard InChI is InChI=1S/C21H31N13O4/c1-2-34-30-17(29-31-34)15-13(35)14(36)19(38-15)33-9-24-12-16(22)27-20(28-18(12)33)32-6-4-11(8-32)26-21(37)25-10-3-5-23-7-10/h9-11,13-15,19,23,35-36H,2-8H2,1H3,(H2,22,27,28)(H2,25,26,37)/t10-,11-,13+,14-,15+,19-/m1/s1. The van der Waals surface area contributed by atoms with Crippen molar-refractivity contribution < 1.29 is 19.7 Å². The Morgan fingerprint density at radius 2 is 2.08 bits per heavy atom. The van der Waals surface area contributed by atoms with Crippen LogP contribution >= 0.6 is 0 Å². The summed E-state index contributed by atoms with van der Waals surface area (Å²) >= 11 is 0. The third-order valence-corrected chi connectivity index (χ3v) is 7.16. The van der Waals surface area contributed by atoms with E-state index in [9.17, 15) is 15.0 Å². The fourth-order valence-corrected chi connectivity index (χ4v) is 5.11. The zero-order chi connectivity index (χ0) is 26.4. The van der Waals surface area contributed by atoms with Crippen LogP contribution in [0.1, 0.15) is 37.9 Å². The number of hydrogen-bond donors (Lipinski definition) is 6. The normalized spacial score (nSPS) is 29.4. The van der Waals surface area contributed by atoms with Crippen molar-refractivity contribution in [2.75, 3.05) is 36.8 Å². The molecule has 6 heterocycles. The topological polar surface area (TPSA) is 219 Å². The summed E-state index contributed by atoms with van der Waals surface area (Å²) < 4.78 is 7.49. The maximum Gasteiger partial charge on any atom is 0.315 e. The van der Waals surface area contributed by atoms with Gasteiger partial charge in [-0.2, -0.15) is 14.8 Å². The first-order chi connectivity index (χ1) is 18.4. The molecule has 0 unspecified atom stereocenters. The van der Waals surface area contributed by atoms with Crippen LogP contribution in [0.2, 0.25) is 0 Å². The van der Waals surface area contributed by atoms with Crippen molar-refractivity contribution in [3.63, 3.8) is 0 Å². The van der Waals surface area contributed by atoms with Gasteiger partial charge in [-0.15, -0.1) is 10.2 Å². The van der Waals surface area contributed by atoms with Crippen molar-refractivity contribution in [2.45, 2.75) is 62.9 Å². The van der Waals surface area contributed by atoms with E-state index in [2.05, 4.69) is 46.3 Å². The number of anilines is 2. The third-order valence-electron chi connectivity index (χ3n) is 7.16. The predicted molar refractivity (Wildman–Crippen MR) is 132 cm³/mol. The first-order valence-electron chi connectivity index (χ1n) is 12.7. The Balaban J connectivity index is 1.19. The average Bonchev–Trinajstić information content (AvgIpc) is 3.72. The molecule has 0 saturated carbocycles. The number of tetrazole rings is 1. The lowest BCUT2D eigenvalue weighted by Crippen LogP contribution is -2.47. The Labute approximate surface area is 216 Å². The molecule has 0 spiro atoms. The highest BCUT2D eigenvalue weighted by molar-refractivity contribution is 5.83. The molecule has 0 radical (unpaired) electrons. The van der Waals surface area contributed by atoms with Crippen LogP contribution in [0.3, 0.4) is 0 Å². The van der Waals surface area contributed by atoms with Gasteiger partial charge in [0.1, 0.15) is 17.7 Å². The molecule has 3 aliphatic rings. The van der Waals surface area contributed by atoms with E-state index in [1.54, 1.807) is 0 Å². The molecule has 6 rings (SSSR count). The van der Waals surface area contributed by atoms with E-state index in [1.807, 2.05) is 11.8 Å². The van der Waals surface area contributed by atoms with E-state index >= 15 is 0 Å². The van der Waals surface area contributed by atoms with Crippen molar-refractivity contribution in [2.24, 2.45) is 0 Å². The second-order valence-electron chi connectivity index (χ2n) is 9.74. The first kappa shape index (κ1) is 24.7. The third kappa shape index (κ3) is 4.46. The van der Waals surface area contributed by atoms with Crippen molar-refractivity contribution in [1.29, 1.82) is 0 Å². The highest BCUT2D eigenvalue weighted by Gasteiger charge is 2.47. The zero-order valence-electron chi connectivity index (χ0n) is 20.8. The highest BCUT2D eigenvalue weighted by atomic mass is 16.6. The van der Waals surface area contributed by atoms with E-state index in [-0.39, 0.29) is 29.8 Å². The fraction of sp³-hybridized carbons (Fsp3) is 0.667. The predicted octanol–water partition coefficient (Wildman–Crippen LogP) is -2.35. The van der Waals surface area contributed by atoms with Crippen LogP contribution in [0.5, 0.6) is 0 Å². The Morgan fingerprint density at radius 3 is 2.84 bits per heavy atom. The number of fused-ring (bicyclic) bond motifs is 1. The number of aliphatic hydroxyl groups excluding tert-OH is 2. The number of nitrogens with two attached hydrogens (primary N) is 1. The number of urea groups is 1. The number of imidazole rings is 1. The van der Waals surface area contributed by atoms with E-state index in [0.29, 0.717) is 36.7 Å². The molecule has 3 fully saturated rings. The Bertz CT molecular complexity index is 1310. The second kappa shape index (κ2) is 9.90. The number of carbonyl (C=O) groups is 1. The number of aryl methyl sites for hydroxylation is 1. The van der Waals surface area contributed by atoms with Crippen LogP contribution in [-0.4, -0.2) is 106 Å². The molecule has 3 aliphatic heterocycles. The van der Waals surface area contributed by atoms with Crippen LogP contribution in [0.15, 0.2) is 6.33 Å². The number of rotatable bonds is 6. The molecule has 2 amide bonds. The number of aliphatic hydroxyl groups is 2. The molecule has 6 atom stereocenters. The lowest BCUT2D eigenvalue weighted by molar-refractivity contribution is -0.0384. The molecule has 204 valence electrons. The summed E-state index contributed by atoms with van der Waals surface area (Å²) in [5.41, 5.74) is 6.91. The molecule has 3 aromatic rings. The molecule has 0 bridgehead atoms. The highest BCUT2D eigenvalue weighted by Crippen LogP contribution is 2.39. The largest absolute Gasteiger partial charge is 0.387 e. The van der Waals surface area contributed by atoms with E-state index in [1.165, 1.54) is 15.7 Å². The van der Waals surface area contributed by atoms with Crippen molar-refractivity contribution in [1.82, 2.24) is 55.7 Å². The van der Waals surface area contributed by atoms with E-state index < -0.39 is 24.5 Å². The molecule has 3 aromatic heterocycles. The monoisotopic (exact) mass is 529 g/mol. The van der Waals surface area contributed by atoms with Gasteiger partial charge in [-0.3, -0.25) is 4.57 Å². The minimum Gasteiger partial charge on any atom is -0.387 e. The van der Waals surface area contributed by atoms with Gasteiger partial charge in [-0.1, -0.05) is 0 Å². The van der Waals surface area contributed by atoms with E-state index in [4.69, 9.17) is 10.5 Å². The summed E-state index contributed by atoms with van der Waals surface area (Å²) in [6.45, 7) is 5.17. The molecular weight excluding hydrogens is 498 g/mol. The number of nitrogens with one attached hydrogen (secondary N) is 3. The minimum atomic E-state index is -1.31. The second-order valence-corrected chi connectivity index (χ2v) is 9.74. The molecule has 7 N–H and O–H groups in total. The number of carbonyl (C=O) groups excluding carboxylic acids is 1. The number of nitrogens with zero attached hydrogens (tertiary/aromatic N) is 9. The van der Waals surface area contributed by atoms with Gasteiger partial charge in [0, 0.05) is 31.7 Å². The van der Waals surface area contributed by atoms with Gasteiger partial charge in [0.25, 0.3) is 0 Å². The molecule has 17 heteroatoms. The van der Waals surface area contributed by atoms with Crippen molar-refractivity contribution in [3.8, 4) is 0 Å². The van der Waals surface area contributed by atoms with Gasteiger partial charge in [0.15, 0.2) is 23.8 Å². The van der Waals surface area contributed by atoms with Crippen LogP contribution in [0, 0.1) is 0 Å². The number of hydrogen-bond acceptors (Lipinski definition) is 13. The molecule has 17 nitrogen and oxygen atoms in total. The van der Waals surface area contributed by atoms with Gasteiger partial charge < -0.3 is 41.5 Å². The van der Waals surface area contributed by atoms with Crippen LogP contribution in [0.4, 0.5) is 16.6 Å². The lowest BCUT2D eigenvalue weighted by Gasteiger charge is -2.20. The van der Waals surface area contributed by atoms with Crippen LogP contribution in [-0.2, 0) is 11.3 Å². The first-order valence-corrected chi connectivity index (χ1v) is 12.7. The zero-order valence-corrected chi connectivity index (χ0v) is 20.8. The molecule has 0 aliphatic carbocycles. The summed E-state index contributed by atoms with van der Waals surface area (Å²) in [4.78, 5) is 29.1. The molecule has 38 heavy (non-hydrogen) atoms. The average molecular weight is 530 g/mol. The molecular formula is C21H31N13O4. The summed E-state index contributed by atoms with van der Waals surface area (Å²) in [5.74, 6) is 0.714. The molecule has 0 aromatic carbocycles. The maximum atomic E-state index is 12.4. The fourth-order valence-electron chi connectivity index (χ4n) is 5.11. The van der Waals surface area contributed by atoms with Crippen molar-refractivity contribution in [3.05, 3.63) is 12.2 Å². The summed E-state index contributed by atoms with van der Waals surface area (Å²) in [7, 11) is 0. The van der Waals surface area contributed by atoms with Crippen molar-refractivity contribution >= 4 is 29.0 Å². The number of aromatic nitrogens is 8.